The Bertz CT molecular complexity index is 578. The quantitative estimate of drug-likeness (QED) is 0.818. The van der Waals surface area contributed by atoms with Gasteiger partial charge in [0.1, 0.15) is 5.75 Å². The molecule has 5 heteroatoms. The fourth-order valence-corrected chi connectivity index (χ4v) is 2.17. The molecule has 1 aliphatic rings. The van der Waals surface area contributed by atoms with E-state index in [0.717, 1.165) is 28.3 Å². The van der Waals surface area contributed by atoms with Gasteiger partial charge in [0.15, 0.2) is 6.79 Å². The normalized spacial score (nSPS) is 14.1. The molecule has 2 heterocycles. The summed E-state index contributed by atoms with van der Waals surface area (Å²) in [5.41, 5.74) is 9.79. The van der Waals surface area contributed by atoms with Crippen molar-refractivity contribution in [1.29, 1.82) is 0 Å². The molecule has 5 nitrogen and oxygen atoms in total. The molecule has 1 aromatic heterocycles. The van der Waals surface area contributed by atoms with E-state index in [4.69, 9.17) is 15.2 Å². The second-order valence-corrected chi connectivity index (χ2v) is 4.41. The van der Waals surface area contributed by atoms with E-state index in [-0.39, 0.29) is 0 Å². The van der Waals surface area contributed by atoms with Gasteiger partial charge >= 0.3 is 0 Å². The van der Waals surface area contributed by atoms with Gasteiger partial charge < -0.3 is 15.2 Å². The van der Waals surface area contributed by atoms with Gasteiger partial charge in [-0.2, -0.15) is 5.10 Å². The Balaban J connectivity index is 2.01. The molecule has 0 spiro atoms. The fraction of sp³-hybridized carbons (Fsp3) is 0.308. The maximum atomic E-state index is 5.91. The number of benzene rings is 1. The molecule has 0 unspecified atom stereocenters. The summed E-state index contributed by atoms with van der Waals surface area (Å²) in [6.07, 6.45) is 1.79. The summed E-state index contributed by atoms with van der Waals surface area (Å²) in [6, 6.07) is 5.81. The predicted molar refractivity (Wildman–Crippen MR) is 67.2 cm³/mol. The summed E-state index contributed by atoms with van der Waals surface area (Å²) in [5.74, 6) is 0.880. The number of hydrogen-bond donors (Lipinski definition) is 1. The Labute approximate surface area is 105 Å². The van der Waals surface area contributed by atoms with Crippen LogP contribution in [-0.4, -0.2) is 16.6 Å². The van der Waals surface area contributed by atoms with E-state index in [1.165, 1.54) is 0 Å². The lowest BCUT2D eigenvalue weighted by atomic mass is 10.1. The molecule has 94 valence electrons. The number of hydrogen-bond acceptors (Lipinski definition) is 4. The highest BCUT2D eigenvalue weighted by molar-refractivity contribution is 5.53. The standard InChI is InChI=1S/C13H15N3O2/c1-9-2-3-15-16(9)6-10-4-12(14)5-11-7-17-8-18-13(10)11/h2-5H,6-8,14H2,1H3. The molecule has 0 saturated heterocycles. The molecule has 0 amide bonds. The van der Waals surface area contributed by atoms with Crippen molar-refractivity contribution in [3.05, 3.63) is 41.2 Å². The van der Waals surface area contributed by atoms with Gasteiger partial charge in [0, 0.05) is 28.7 Å². The summed E-state index contributed by atoms with van der Waals surface area (Å²) in [7, 11) is 0. The number of fused-ring (bicyclic) bond motifs is 1. The second kappa shape index (κ2) is 4.34. The maximum Gasteiger partial charge on any atom is 0.189 e. The molecule has 2 aromatic rings. The lowest BCUT2D eigenvalue weighted by molar-refractivity contribution is -0.0170. The average Bonchev–Trinajstić information content (AvgIpc) is 2.75. The number of aromatic nitrogens is 2. The van der Waals surface area contributed by atoms with E-state index < -0.39 is 0 Å². The van der Waals surface area contributed by atoms with Crippen LogP contribution in [-0.2, 0) is 17.9 Å². The number of ether oxygens (including phenoxy) is 2. The van der Waals surface area contributed by atoms with E-state index in [9.17, 15) is 0 Å². The van der Waals surface area contributed by atoms with Crippen LogP contribution in [0.3, 0.4) is 0 Å². The Hall–Kier alpha value is -2.01. The van der Waals surface area contributed by atoms with Crippen LogP contribution in [0.4, 0.5) is 5.69 Å². The van der Waals surface area contributed by atoms with Crippen molar-refractivity contribution in [3.8, 4) is 5.75 Å². The molecule has 0 radical (unpaired) electrons. The van der Waals surface area contributed by atoms with Gasteiger partial charge in [-0.25, -0.2) is 0 Å². The molecule has 0 saturated carbocycles. The van der Waals surface area contributed by atoms with Crippen LogP contribution in [0.1, 0.15) is 16.8 Å². The van der Waals surface area contributed by atoms with Crippen LogP contribution in [0, 0.1) is 6.92 Å². The monoisotopic (exact) mass is 245 g/mol. The first-order valence-electron chi connectivity index (χ1n) is 5.84. The topological polar surface area (TPSA) is 62.3 Å². The largest absolute Gasteiger partial charge is 0.467 e. The molecular formula is C13H15N3O2. The molecule has 0 bridgehead atoms. The first-order chi connectivity index (χ1) is 8.74. The van der Waals surface area contributed by atoms with Crippen molar-refractivity contribution in [1.82, 2.24) is 9.78 Å². The average molecular weight is 245 g/mol. The third-order valence-corrected chi connectivity index (χ3v) is 3.06. The second-order valence-electron chi connectivity index (χ2n) is 4.41. The van der Waals surface area contributed by atoms with Gasteiger partial charge in [-0.15, -0.1) is 0 Å². The van der Waals surface area contributed by atoms with Crippen LogP contribution in [0.15, 0.2) is 24.4 Å². The van der Waals surface area contributed by atoms with Crippen LogP contribution in [0.25, 0.3) is 0 Å². The van der Waals surface area contributed by atoms with Crippen LogP contribution in [0.5, 0.6) is 5.75 Å². The molecular weight excluding hydrogens is 230 g/mol. The van der Waals surface area contributed by atoms with Crippen molar-refractivity contribution >= 4 is 5.69 Å². The SMILES string of the molecule is Cc1ccnn1Cc1cc(N)cc2c1OCOC2. The number of anilines is 1. The zero-order valence-corrected chi connectivity index (χ0v) is 10.2. The lowest BCUT2D eigenvalue weighted by Crippen LogP contribution is -2.15. The highest BCUT2D eigenvalue weighted by atomic mass is 16.7. The maximum absolute atomic E-state index is 5.91. The molecule has 18 heavy (non-hydrogen) atoms. The minimum absolute atomic E-state index is 0.294. The van der Waals surface area contributed by atoms with Crippen molar-refractivity contribution < 1.29 is 9.47 Å². The number of rotatable bonds is 2. The Morgan fingerprint density at radius 1 is 1.44 bits per heavy atom. The zero-order chi connectivity index (χ0) is 12.5. The van der Waals surface area contributed by atoms with Gasteiger partial charge in [0.25, 0.3) is 0 Å². The summed E-state index contributed by atoms with van der Waals surface area (Å²) in [4.78, 5) is 0. The van der Waals surface area contributed by atoms with Crippen molar-refractivity contribution in [2.75, 3.05) is 12.5 Å². The van der Waals surface area contributed by atoms with Crippen molar-refractivity contribution in [2.24, 2.45) is 0 Å². The van der Waals surface area contributed by atoms with E-state index >= 15 is 0 Å². The molecule has 0 atom stereocenters. The molecule has 0 aliphatic carbocycles. The number of nitrogens with zero attached hydrogens (tertiary/aromatic N) is 2. The minimum atomic E-state index is 0.294. The summed E-state index contributed by atoms with van der Waals surface area (Å²) in [5, 5.41) is 4.28. The van der Waals surface area contributed by atoms with Crippen LogP contribution < -0.4 is 10.5 Å². The first-order valence-corrected chi connectivity index (χ1v) is 5.84. The van der Waals surface area contributed by atoms with Crippen molar-refractivity contribution in [3.63, 3.8) is 0 Å². The van der Waals surface area contributed by atoms with Crippen LogP contribution in [0.2, 0.25) is 0 Å². The lowest BCUT2D eigenvalue weighted by Gasteiger charge is -2.21. The predicted octanol–water partition coefficient (Wildman–Crippen LogP) is 1.69. The van der Waals surface area contributed by atoms with Gasteiger partial charge in [0.2, 0.25) is 0 Å². The minimum Gasteiger partial charge on any atom is -0.467 e. The molecule has 3 rings (SSSR count). The van der Waals surface area contributed by atoms with Crippen molar-refractivity contribution in [2.45, 2.75) is 20.1 Å². The van der Waals surface area contributed by atoms with E-state index in [1.807, 2.05) is 29.8 Å². The van der Waals surface area contributed by atoms with Gasteiger partial charge in [-0.3, -0.25) is 4.68 Å². The highest BCUT2D eigenvalue weighted by Crippen LogP contribution is 2.31. The number of nitrogens with two attached hydrogens (primary N) is 1. The molecule has 2 N–H and O–H groups in total. The molecule has 1 aliphatic heterocycles. The zero-order valence-electron chi connectivity index (χ0n) is 10.2. The van der Waals surface area contributed by atoms with E-state index in [0.29, 0.717) is 19.9 Å². The van der Waals surface area contributed by atoms with E-state index in [2.05, 4.69) is 5.10 Å². The van der Waals surface area contributed by atoms with E-state index in [1.54, 1.807) is 6.20 Å². The Kier molecular flexibility index (Phi) is 2.68. The highest BCUT2D eigenvalue weighted by Gasteiger charge is 2.16. The Morgan fingerprint density at radius 3 is 3.11 bits per heavy atom. The molecule has 1 aromatic carbocycles. The Morgan fingerprint density at radius 2 is 2.33 bits per heavy atom. The third kappa shape index (κ3) is 1.93. The number of nitrogen functional groups attached to an aromatic ring is 1. The summed E-state index contributed by atoms with van der Waals surface area (Å²) in [6.45, 7) is 3.52. The fourth-order valence-electron chi connectivity index (χ4n) is 2.17. The first kappa shape index (κ1) is 11.1. The van der Waals surface area contributed by atoms with Gasteiger partial charge in [-0.05, 0) is 25.1 Å². The third-order valence-electron chi connectivity index (χ3n) is 3.06. The van der Waals surface area contributed by atoms with Gasteiger partial charge in [0.05, 0.1) is 13.2 Å². The van der Waals surface area contributed by atoms with Crippen LogP contribution >= 0.6 is 0 Å². The number of aryl methyl sites for hydroxylation is 1. The summed E-state index contributed by atoms with van der Waals surface area (Å²) < 4.78 is 12.8. The molecule has 0 fully saturated rings. The van der Waals surface area contributed by atoms with Gasteiger partial charge in [-0.1, -0.05) is 0 Å². The summed E-state index contributed by atoms with van der Waals surface area (Å²) >= 11 is 0. The smallest absolute Gasteiger partial charge is 0.189 e.